The molecule has 1 aliphatic carbocycles. The molecule has 1 saturated carbocycles. The van der Waals surface area contributed by atoms with Crippen LogP contribution >= 0.6 is 22.6 Å². The summed E-state index contributed by atoms with van der Waals surface area (Å²) in [7, 11) is 0. The van der Waals surface area contributed by atoms with Crippen LogP contribution in [0.4, 0.5) is 0 Å². The van der Waals surface area contributed by atoms with Gasteiger partial charge < -0.3 is 0 Å². The molecule has 0 aromatic heterocycles. The molecule has 1 heteroatoms. The lowest BCUT2D eigenvalue weighted by molar-refractivity contribution is 0.149. The molecule has 0 amide bonds. The fourth-order valence-electron chi connectivity index (χ4n) is 2.11. The Hall–Kier alpha value is 0.730. The summed E-state index contributed by atoms with van der Waals surface area (Å²) in [5.74, 6) is 3.70. The average molecular weight is 266 g/mol. The highest BCUT2D eigenvalue weighted by Crippen LogP contribution is 2.41. The van der Waals surface area contributed by atoms with Gasteiger partial charge in [0.05, 0.1) is 0 Å². The standard InChI is InChI=1S/C10H19I/c1-6-5-10(11)9(4)8(3)7(6)2/h6-10H,5H2,1-4H3. The molecule has 0 radical (unpaired) electrons. The Kier molecular flexibility index (Phi) is 3.24. The van der Waals surface area contributed by atoms with Gasteiger partial charge in [0.1, 0.15) is 0 Å². The first-order valence-electron chi connectivity index (χ1n) is 4.68. The van der Waals surface area contributed by atoms with E-state index in [1.165, 1.54) is 6.42 Å². The smallest absolute Gasteiger partial charge is 0.0140 e. The number of alkyl halides is 1. The molecule has 0 N–H and O–H groups in total. The van der Waals surface area contributed by atoms with Crippen LogP contribution < -0.4 is 0 Å². The predicted octanol–water partition coefficient (Wildman–Crippen LogP) is 3.74. The fraction of sp³-hybridized carbons (Fsp3) is 1.00. The van der Waals surface area contributed by atoms with Crippen molar-refractivity contribution in [1.29, 1.82) is 0 Å². The van der Waals surface area contributed by atoms with Gasteiger partial charge in [-0.3, -0.25) is 0 Å². The Labute approximate surface area is 84.3 Å². The van der Waals surface area contributed by atoms with Gasteiger partial charge in [0.25, 0.3) is 0 Å². The van der Waals surface area contributed by atoms with Crippen molar-refractivity contribution in [2.75, 3.05) is 0 Å². The molecule has 11 heavy (non-hydrogen) atoms. The summed E-state index contributed by atoms with van der Waals surface area (Å²) in [6, 6.07) is 0. The fourth-order valence-corrected chi connectivity index (χ4v) is 3.57. The SMILES string of the molecule is CC1CC(I)C(C)C(C)C1C. The van der Waals surface area contributed by atoms with E-state index in [4.69, 9.17) is 0 Å². The van der Waals surface area contributed by atoms with E-state index in [9.17, 15) is 0 Å². The summed E-state index contributed by atoms with van der Waals surface area (Å²) in [5.41, 5.74) is 0. The van der Waals surface area contributed by atoms with Crippen molar-refractivity contribution in [3.8, 4) is 0 Å². The number of rotatable bonds is 0. The lowest BCUT2D eigenvalue weighted by atomic mass is 9.69. The van der Waals surface area contributed by atoms with Crippen LogP contribution in [0.5, 0.6) is 0 Å². The molecule has 0 aromatic rings. The minimum absolute atomic E-state index is 0.911. The summed E-state index contributed by atoms with van der Waals surface area (Å²) in [5, 5.41) is 0. The molecule has 0 saturated heterocycles. The van der Waals surface area contributed by atoms with E-state index in [1.54, 1.807) is 0 Å². The van der Waals surface area contributed by atoms with Crippen LogP contribution in [-0.2, 0) is 0 Å². The van der Waals surface area contributed by atoms with Crippen LogP contribution in [0.2, 0.25) is 0 Å². The summed E-state index contributed by atoms with van der Waals surface area (Å²) in [6.45, 7) is 9.63. The third-order valence-electron chi connectivity index (χ3n) is 3.72. The van der Waals surface area contributed by atoms with Gasteiger partial charge in [-0.1, -0.05) is 50.3 Å². The Morgan fingerprint density at radius 2 is 1.45 bits per heavy atom. The minimum Gasteiger partial charge on any atom is -0.0823 e. The molecular formula is C10H19I. The molecule has 0 aromatic carbocycles. The first kappa shape index (κ1) is 9.82. The topological polar surface area (TPSA) is 0 Å². The highest BCUT2D eigenvalue weighted by molar-refractivity contribution is 14.1. The molecule has 0 aliphatic heterocycles. The molecule has 1 aliphatic rings. The van der Waals surface area contributed by atoms with Gasteiger partial charge in [-0.25, -0.2) is 0 Å². The number of hydrogen-bond donors (Lipinski definition) is 0. The zero-order valence-electron chi connectivity index (χ0n) is 7.97. The van der Waals surface area contributed by atoms with Crippen LogP contribution in [0.3, 0.4) is 0 Å². The van der Waals surface area contributed by atoms with E-state index in [0.29, 0.717) is 0 Å². The number of halogens is 1. The summed E-state index contributed by atoms with van der Waals surface area (Å²) >= 11 is 2.62. The molecule has 5 atom stereocenters. The van der Waals surface area contributed by atoms with E-state index in [-0.39, 0.29) is 0 Å². The molecule has 0 bridgehead atoms. The molecule has 1 fully saturated rings. The molecule has 0 spiro atoms. The summed E-state index contributed by atoms with van der Waals surface area (Å²) < 4.78 is 0.911. The second-order valence-corrected chi connectivity index (χ2v) is 5.91. The molecule has 1 rings (SSSR count). The molecule has 66 valence electrons. The minimum atomic E-state index is 0.911. The van der Waals surface area contributed by atoms with E-state index >= 15 is 0 Å². The van der Waals surface area contributed by atoms with E-state index in [0.717, 1.165) is 27.6 Å². The van der Waals surface area contributed by atoms with Crippen LogP contribution in [-0.4, -0.2) is 3.92 Å². The predicted molar refractivity (Wildman–Crippen MR) is 59.1 cm³/mol. The van der Waals surface area contributed by atoms with Gasteiger partial charge in [0, 0.05) is 3.92 Å². The zero-order chi connectivity index (χ0) is 8.59. The molecule has 0 heterocycles. The largest absolute Gasteiger partial charge is 0.0823 e. The maximum atomic E-state index is 2.62. The van der Waals surface area contributed by atoms with Crippen LogP contribution in [0.1, 0.15) is 34.1 Å². The van der Waals surface area contributed by atoms with Crippen molar-refractivity contribution in [2.24, 2.45) is 23.7 Å². The van der Waals surface area contributed by atoms with Crippen LogP contribution in [0.15, 0.2) is 0 Å². The van der Waals surface area contributed by atoms with Crippen molar-refractivity contribution in [2.45, 2.75) is 38.0 Å². The summed E-state index contributed by atoms with van der Waals surface area (Å²) in [4.78, 5) is 0. The molecule has 0 nitrogen and oxygen atoms in total. The van der Waals surface area contributed by atoms with Crippen molar-refractivity contribution in [1.82, 2.24) is 0 Å². The second kappa shape index (κ2) is 3.63. The van der Waals surface area contributed by atoms with Gasteiger partial charge in [0.2, 0.25) is 0 Å². The monoisotopic (exact) mass is 266 g/mol. The Balaban J connectivity index is 2.63. The number of hydrogen-bond acceptors (Lipinski definition) is 0. The maximum Gasteiger partial charge on any atom is 0.0140 e. The summed E-state index contributed by atoms with van der Waals surface area (Å²) in [6.07, 6.45) is 1.42. The lowest BCUT2D eigenvalue weighted by Gasteiger charge is -2.40. The van der Waals surface area contributed by atoms with E-state index in [1.807, 2.05) is 0 Å². The zero-order valence-corrected chi connectivity index (χ0v) is 10.1. The van der Waals surface area contributed by atoms with Gasteiger partial charge in [0.15, 0.2) is 0 Å². The second-order valence-electron chi connectivity index (χ2n) is 4.31. The van der Waals surface area contributed by atoms with E-state index in [2.05, 4.69) is 50.3 Å². The van der Waals surface area contributed by atoms with Gasteiger partial charge in [-0.15, -0.1) is 0 Å². The lowest BCUT2D eigenvalue weighted by Crippen LogP contribution is -2.35. The first-order valence-corrected chi connectivity index (χ1v) is 5.92. The van der Waals surface area contributed by atoms with Crippen LogP contribution in [0.25, 0.3) is 0 Å². The third-order valence-corrected chi connectivity index (χ3v) is 5.37. The Morgan fingerprint density at radius 1 is 0.909 bits per heavy atom. The van der Waals surface area contributed by atoms with Crippen LogP contribution in [0, 0.1) is 23.7 Å². The van der Waals surface area contributed by atoms with Crippen molar-refractivity contribution in [3.05, 3.63) is 0 Å². The van der Waals surface area contributed by atoms with Gasteiger partial charge in [-0.2, -0.15) is 0 Å². The molecule has 5 unspecified atom stereocenters. The Morgan fingerprint density at radius 3 is 2.00 bits per heavy atom. The van der Waals surface area contributed by atoms with Crippen molar-refractivity contribution < 1.29 is 0 Å². The quantitative estimate of drug-likeness (QED) is 0.463. The highest BCUT2D eigenvalue weighted by Gasteiger charge is 2.34. The van der Waals surface area contributed by atoms with Crippen molar-refractivity contribution in [3.63, 3.8) is 0 Å². The Bertz CT molecular complexity index is 119. The first-order chi connectivity index (χ1) is 5.04. The maximum absolute atomic E-state index is 2.62. The molecular weight excluding hydrogens is 247 g/mol. The van der Waals surface area contributed by atoms with Gasteiger partial charge >= 0.3 is 0 Å². The van der Waals surface area contributed by atoms with E-state index < -0.39 is 0 Å². The van der Waals surface area contributed by atoms with Crippen molar-refractivity contribution >= 4 is 22.6 Å². The third kappa shape index (κ3) is 1.90. The normalized spacial score (nSPS) is 52.6. The van der Waals surface area contributed by atoms with Gasteiger partial charge in [-0.05, 0) is 30.1 Å². The highest BCUT2D eigenvalue weighted by atomic mass is 127. The average Bonchev–Trinajstić information content (AvgIpc) is 1.97.